The van der Waals surface area contributed by atoms with Crippen LogP contribution in [0.4, 0.5) is 8.78 Å². The van der Waals surface area contributed by atoms with E-state index in [4.69, 9.17) is 9.84 Å². The topological polar surface area (TPSA) is 39.9 Å². The Morgan fingerprint density at radius 1 is 0.828 bits per heavy atom. The molecule has 0 aliphatic carbocycles. The molecule has 2 aromatic heterocycles. The van der Waals surface area contributed by atoms with E-state index in [1.807, 2.05) is 24.3 Å². The molecule has 0 spiro atoms. The highest BCUT2D eigenvalue weighted by Gasteiger charge is 2.17. The monoisotopic (exact) mass is 387 g/mol. The minimum atomic E-state index is -0.357. The Balaban J connectivity index is 1.86. The fourth-order valence-corrected chi connectivity index (χ4v) is 3.49. The summed E-state index contributed by atoms with van der Waals surface area (Å²) in [5.41, 5.74) is 3.61. The van der Waals surface area contributed by atoms with Crippen molar-refractivity contribution in [1.82, 2.24) is 14.8 Å². The molecule has 0 unspecified atom stereocenters. The smallest absolute Gasteiger partial charge is 0.124 e. The molecule has 5 rings (SSSR count). The molecular weight excluding hydrogens is 372 g/mol. The summed E-state index contributed by atoms with van der Waals surface area (Å²) < 4.78 is 34.4. The van der Waals surface area contributed by atoms with Gasteiger partial charge in [-0.1, -0.05) is 0 Å². The minimum Gasteiger partial charge on any atom is -0.497 e. The second-order valence-electron chi connectivity index (χ2n) is 6.65. The van der Waals surface area contributed by atoms with Crippen molar-refractivity contribution in [2.24, 2.45) is 0 Å². The average molecular weight is 387 g/mol. The Hall–Kier alpha value is -3.80. The van der Waals surface area contributed by atoms with Gasteiger partial charge in [0.2, 0.25) is 0 Å². The van der Waals surface area contributed by atoms with E-state index in [2.05, 4.69) is 4.98 Å². The van der Waals surface area contributed by atoms with Crippen LogP contribution in [0.2, 0.25) is 0 Å². The first-order chi connectivity index (χ1) is 14.1. The molecular formula is C23H15F2N3O. The molecule has 29 heavy (non-hydrogen) atoms. The van der Waals surface area contributed by atoms with E-state index in [0.717, 1.165) is 16.7 Å². The molecule has 142 valence electrons. The van der Waals surface area contributed by atoms with Gasteiger partial charge in [-0.05, 0) is 66.7 Å². The van der Waals surface area contributed by atoms with Crippen LogP contribution < -0.4 is 4.74 Å². The summed E-state index contributed by atoms with van der Waals surface area (Å²) in [5.74, 6) is 0.0458. The van der Waals surface area contributed by atoms with E-state index in [-0.39, 0.29) is 11.6 Å². The first-order valence-electron chi connectivity index (χ1n) is 9.01. The van der Waals surface area contributed by atoms with Crippen LogP contribution in [0, 0.1) is 11.6 Å². The van der Waals surface area contributed by atoms with Crippen molar-refractivity contribution in [2.45, 2.75) is 0 Å². The number of hydrogen-bond acceptors (Lipinski definition) is 3. The zero-order valence-corrected chi connectivity index (χ0v) is 15.4. The van der Waals surface area contributed by atoms with Crippen molar-refractivity contribution in [3.63, 3.8) is 0 Å². The number of fused-ring (bicyclic) bond motifs is 3. The molecule has 0 saturated carbocycles. The lowest BCUT2D eigenvalue weighted by atomic mass is 10.1. The Bertz CT molecular complexity index is 1340. The lowest BCUT2D eigenvalue weighted by molar-refractivity contribution is 0.415. The molecule has 0 aliphatic rings. The highest BCUT2D eigenvalue weighted by Crippen LogP contribution is 2.34. The third-order valence-corrected chi connectivity index (χ3v) is 4.90. The number of benzene rings is 3. The van der Waals surface area contributed by atoms with Gasteiger partial charge in [-0.15, -0.1) is 0 Å². The van der Waals surface area contributed by atoms with Crippen LogP contribution in [0.3, 0.4) is 0 Å². The van der Waals surface area contributed by atoms with Gasteiger partial charge in [-0.3, -0.25) is 4.98 Å². The summed E-state index contributed by atoms with van der Waals surface area (Å²) in [6.07, 6.45) is 1.74. The third-order valence-electron chi connectivity index (χ3n) is 4.90. The maximum atomic E-state index is 14.0. The lowest BCUT2D eigenvalue weighted by Gasteiger charge is -2.06. The summed E-state index contributed by atoms with van der Waals surface area (Å²) in [6, 6.07) is 18.0. The van der Waals surface area contributed by atoms with E-state index in [9.17, 15) is 8.78 Å². The first kappa shape index (κ1) is 17.3. The number of ether oxygens (including phenoxy) is 1. The van der Waals surface area contributed by atoms with Gasteiger partial charge in [0.1, 0.15) is 23.1 Å². The number of rotatable bonds is 3. The van der Waals surface area contributed by atoms with Gasteiger partial charge in [0.15, 0.2) is 0 Å². The number of hydrogen-bond donors (Lipinski definition) is 0. The Morgan fingerprint density at radius 2 is 1.55 bits per heavy atom. The van der Waals surface area contributed by atoms with Crippen molar-refractivity contribution in [2.75, 3.05) is 7.11 Å². The first-order valence-corrected chi connectivity index (χ1v) is 9.01. The van der Waals surface area contributed by atoms with E-state index >= 15 is 0 Å². The molecule has 6 heteroatoms. The molecule has 2 heterocycles. The average Bonchev–Trinajstić information content (AvgIpc) is 3.14. The molecule has 0 N–H and O–H groups in total. The Labute approximate surface area is 165 Å². The molecule has 0 radical (unpaired) electrons. The zero-order valence-electron chi connectivity index (χ0n) is 15.4. The van der Waals surface area contributed by atoms with Gasteiger partial charge in [-0.25, -0.2) is 13.5 Å². The molecule has 0 bridgehead atoms. The lowest BCUT2D eigenvalue weighted by Crippen LogP contribution is -1.97. The largest absolute Gasteiger partial charge is 0.497 e. The maximum absolute atomic E-state index is 14.0. The van der Waals surface area contributed by atoms with Gasteiger partial charge in [0.05, 0.1) is 23.8 Å². The second-order valence-corrected chi connectivity index (χ2v) is 6.65. The maximum Gasteiger partial charge on any atom is 0.124 e. The zero-order chi connectivity index (χ0) is 20.0. The molecule has 4 nitrogen and oxygen atoms in total. The van der Waals surface area contributed by atoms with Crippen LogP contribution in [-0.4, -0.2) is 21.9 Å². The number of aromatic nitrogens is 3. The predicted molar refractivity (Wildman–Crippen MR) is 108 cm³/mol. The van der Waals surface area contributed by atoms with Gasteiger partial charge >= 0.3 is 0 Å². The molecule has 0 aliphatic heterocycles. The summed E-state index contributed by atoms with van der Waals surface area (Å²) in [5, 5.41) is 6.20. The Kier molecular flexibility index (Phi) is 3.98. The fraction of sp³-hybridized carbons (Fsp3) is 0.0435. The van der Waals surface area contributed by atoms with E-state index in [1.54, 1.807) is 36.2 Å². The van der Waals surface area contributed by atoms with Gasteiger partial charge in [-0.2, -0.15) is 5.10 Å². The number of methoxy groups -OCH3 is 1. The second kappa shape index (κ2) is 6.67. The highest BCUT2D eigenvalue weighted by atomic mass is 19.1. The van der Waals surface area contributed by atoms with E-state index in [0.29, 0.717) is 27.8 Å². The molecule has 5 aromatic rings. The van der Waals surface area contributed by atoms with Crippen molar-refractivity contribution >= 4 is 21.8 Å². The normalized spacial score (nSPS) is 11.3. The molecule has 3 aromatic carbocycles. The van der Waals surface area contributed by atoms with Crippen LogP contribution >= 0.6 is 0 Å². The molecule has 0 fully saturated rings. The summed E-state index contributed by atoms with van der Waals surface area (Å²) in [4.78, 5) is 4.49. The molecule has 0 saturated heterocycles. The number of nitrogens with zero attached hydrogens (tertiary/aromatic N) is 3. The van der Waals surface area contributed by atoms with Crippen LogP contribution in [0.1, 0.15) is 0 Å². The van der Waals surface area contributed by atoms with Crippen molar-refractivity contribution in [1.29, 1.82) is 0 Å². The van der Waals surface area contributed by atoms with Crippen LogP contribution in [0.5, 0.6) is 5.75 Å². The number of pyridine rings is 1. The SMILES string of the molecule is COc1ccc(-c2nn(-c3ccc(F)cc3)c3c2cnc2ccc(F)cc23)cc1. The van der Waals surface area contributed by atoms with Crippen molar-refractivity contribution in [3.8, 4) is 22.7 Å². The van der Waals surface area contributed by atoms with Gasteiger partial charge in [0.25, 0.3) is 0 Å². The Morgan fingerprint density at radius 3 is 2.28 bits per heavy atom. The highest BCUT2D eigenvalue weighted by molar-refractivity contribution is 6.08. The van der Waals surface area contributed by atoms with Crippen LogP contribution in [0.25, 0.3) is 38.8 Å². The predicted octanol–water partition coefficient (Wildman–Crippen LogP) is 5.53. The van der Waals surface area contributed by atoms with E-state index < -0.39 is 0 Å². The van der Waals surface area contributed by atoms with Crippen molar-refractivity contribution in [3.05, 3.63) is 84.6 Å². The van der Waals surface area contributed by atoms with Crippen LogP contribution in [-0.2, 0) is 0 Å². The standard InChI is InChI=1S/C23H15F2N3O/c1-29-18-9-2-14(3-10-18)22-20-13-26-21-11-6-16(25)12-19(21)23(20)28(27-22)17-7-4-15(24)5-8-17/h2-13H,1H3. The summed E-state index contributed by atoms with van der Waals surface area (Å²) >= 11 is 0. The number of halogens is 2. The van der Waals surface area contributed by atoms with Gasteiger partial charge < -0.3 is 4.74 Å². The van der Waals surface area contributed by atoms with Crippen molar-refractivity contribution < 1.29 is 13.5 Å². The summed E-state index contributed by atoms with van der Waals surface area (Å²) in [6.45, 7) is 0. The third kappa shape index (κ3) is 2.89. The van der Waals surface area contributed by atoms with Crippen LogP contribution in [0.15, 0.2) is 72.9 Å². The van der Waals surface area contributed by atoms with Gasteiger partial charge in [0, 0.05) is 22.5 Å². The minimum absolute atomic E-state index is 0.335. The quantitative estimate of drug-likeness (QED) is 0.409. The van der Waals surface area contributed by atoms with E-state index in [1.165, 1.54) is 24.3 Å². The molecule has 0 atom stereocenters. The fourth-order valence-electron chi connectivity index (χ4n) is 3.49. The molecule has 0 amide bonds. The summed E-state index contributed by atoms with van der Waals surface area (Å²) in [7, 11) is 1.61.